The van der Waals surface area contributed by atoms with E-state index in [1.165, 1.54) is 11.6 Å². The Balaban J connectivity index is 2.20. The summed E-state index contributed by atoms with van der Waals surface area (Å²) in [4.78, 5) is 19.5. The molecule has 8 nitrogen and oxygen atoms in total. The topological polar surface area (TPSA) is 87.2 Å². The second-order valence-electron chi connectivity index (χ2n) is 3.87. The SMILES string of the molecule is COC(=O)c1nc2nccc(-c3cnn(C)c3)n2n1. The van der Waals surface area contributed by atoms with Crippen LogP contribution in [0.4, 0.5) is 0 Å². The van der Waals surface area contributed by atoms with Crippen LogP contribution in [0.2, 0.25) is 0 Å². The van der Waals surface area contributed by atoms with Gasteiger partial charge in [-0.15, -0.1) is 5.10 Å². The van der Waals surface area contributed by atoms with Gasteiger partial charge in [-0.25, -0.2) is 9.78 Å². The minimum absolute atomic E-state index is 0.0219. The first kappa shape index (κ1) is 11.3. The molecular formula is C11H10N6O2. The molecule has 3 aromatic heterocycles. The van der Waals surface area contributed by atoms with Crippen molar-refractivity contribution in [2.24, 2.45) is 7.05 Å². The van der Waals surface area contributed by atoms with E-state index in [4.69, 9.17) is 0 Å². The van der Waals surface area contributed by atoms with Gasteiger partial charge in [-0.05, 0) is 6.07 Å². The molecule has 3 heterocycles. The molecular weight excluding hydrogens is 248 g/mol. The third kappa shape index (κ3) is 1.82. The number of esters is 1. The van der Waals surface area contributed by atoms with Gasteiger partial charge in [0.15, 0.2) is 0 Å². The molecule has 0 amide bonds. The summed E-state index contributed by atoms with van der Waals surface area (Å²) in [6.45, 7) is 0. The number of aromatic nitrogens is 6. The molecule has 0 aliphatic heterocycles. The van der Waals surface area contributed by atoms with Crippen LogP contribution >= 0.6 is 0 Å². The van der Waals surface area contributed by atoms with Crippen molar-refractivity contribution in [1.82, 2.24) is 29.4 Å². The smallest absolute Gasteiger partial charge is 0.378 e. The van der Waals surface area contributed by atoms with Gasteiger partial charge >= 0.3 is 5.97 Å². The van der Waals surface area contributed by atoms with Gasteiger partial charge in [0.05, 0.1) is 19.0 Å². The number of carbonyl (C=O) groups is 1. The van der Waals surface area contributed by atoms with Crippen LogP contribution in [-0.4, -0.2) is 42.4 Å². The van der Waals surface area contributed by atoms with E-state index in [0.29, 0.717) is 5.78 Å². The third-order valence-corrected chi connectivity index (χ3v) is 2.61. The number of methoxy groups -OCH3 is 1. The molecule has 19 heavy (non-hydrogen) atoms. The molecule has 0 atom stereocenters. The van der Waals surface area contributed by atoms with Crippen molar-refractivity contribution in [1.29, 1.82) is 0 Å². The van der Waals surface area contributed by atoms with Crippen molar-refractivity contribution < 1.29 is 9.53 Å². The quantitative estimate of drug-likeness (QED) is 0.615. The monoisotopic (exact) mass is 258 g/mol. The Morgan fingerprint density at radius 2 is 2.26 bits per heavy atom. The lowest BCUT2D eigenvalue weighted by Crippen LogP contribution is -2.04. The van der Waals surface area contributed by atoms with E-state index in [0.717, 1.165) is 11.3 Å². The van der Waals surface area contributed by atoms with E-state index >= 15 is 0 Å². The standard InChI is InChI=1S/C11H10N6O2/c1-16-6-7(5-13-16)8-3-4-12-11-14-9(10(18)19-2)15-17(8)11/h3-6H,1-2H3. The van der Waals surface area contributed by atoms with Crippen molar-refractivity contribution in [3.63, 3.8) is 0 Å². The number of hydrogen-bond donors (Lipinski definition) is 0. The average molecular weight is 258 g/mol. The highest BCUT2D eigenvalue weighted by molar-refractivity contribution is 5.85. The maximum atomic E-state index is 11.4. The maximum Gasteiger partial charge on any atom is 0.378 e. The lowest BCUT2D eigenvalue weighted by molar-refractivity contribution is 0.0587. The van der Waals surface area contributed by atoms with Crippen molar-refractivity contribution >= 4 is 11.7 Å². The van der Waals surface area contributed by atoms with Gasteiger partial charge in [0.2, 0.25) is 0 Å². The molecule has 3 rings (SSSR count). The summed E-state index contributed by atoms with van der Waals surface area (Å²) < 4.78 is 7.76. The highest BCUT2D eigenvalue weighted by Crippen LogP contribution is 2.17. The molecule has 0 N–H and O–H groups in total. The molecule has 3 aromatic rings. The van der Waals surface area contributed by atoms with E-state index < -0.39 is 5.97 Å². The van der Waals surface area contributed by atoms with Crippen LogP contribution in [0.1, 0.15) is 10.6 Å². The zero-order valence-corrected chi connectivity index (χ0v) is 10.3. The minimum atomic E-state index is -0.595. The fraction of sp³-hybridized carbons (Fsp3) is 0.182. The highest BCUT2D eigenvalue weighted by atomic mass is 16.5. The van der Waals surface area contributed by atoms with Crippen LogP contribution in [0, 0.1) is 0 Å². The van der Waals surface area contributed by atoms with E-state index in [1.54, 1.807) is 23.1 Å². The zero-order valence-electron chi connectivity index (χ0n) is 10.3. The molecule has 0 saturated carbocycles. The van der Waals surface area contributed by atoms with Gasteiger partial charge in [-0.3, -0.25) is 4.68 Å². The summed E-state index contributed by atoms with van der Waals surface area (Å²) in [7, 11) is 3.10. The van der Waals surface area contributed by atoms with E-state index in [9.17, 15) is 4.79 Å². The molecule has 0 fully saturated rings. The van der Waals surface area contributed by atoms with Gasteiger partial charge in [-0.2, -0.15) is 14.6 Å². The first-order valence-electron chi connectivity index (χ1n) is 5.48. The minimum Gasteiger partial charge on any atom is -0.463 e. The predicted octanol–water partition coefficient (Wildman–Crippen LogP) is 0.311. The lowest BCUT2D eigenvalue weighted by atomic mass is 10.2. The number of hydrogen-bond acceptors (Lipinski definition) is 6. The van der Waals surface area contributed by atoms with Gasteiger partial charge in [-0.1, -0.05) is 0 Å². The second-order valence-corrected chi connectivity index (χ2v) is 3.87. The predicted molar refractivity (Wildman–Crippen MR) is 64.3 cm³/mol. The van der Waals surface area contributed by atoms with Crippen molar-refractivity contribution in [2.45, 2.75) is 0 Å². The van der Waals surface area contributed by atoms with Crippen LogP contribution in [-0.2, 0) is 11.8 Å². The summed E-state index contributed by atoms with van der Waals surface area (Å²) in [6.07, 6.45) is 5.15. The summed E-state index contributed by atoms with van der Waals surface area (Å²) in [6, 6.07) is 1.78. The average Bonchev–Trinajstić information content (AvgIpc) is 3.03. The van der Waals surface area contributed by atoms with Crippen LogP contribution in [0.3, 0.4) is 0 Å². The first-order chi connectivity index (χ1) is 9.19. The number of carbonyl (C=O) groups excluding carboxylic acids is 1. The molecule has 0 aliphatic rings. The highest BCUT2D eigenvalue weighted by Gasteiger charge is 2.16. The Hall–Kier alpha value is -2.77. The second kappa shape index (κ2) is 4.16. The fourth-order valence-corrected chi connectivity index (χ4v) is 1.74. The number of aryl methyl sites for hydroxylation is 1. The molecule has 0 bridgehead atoms. The Kier molecular flexibility index (Phi) is 2.48. The van der Waals surface area contributed by atoms with Crippen molar-refractivity contribution in [3.8, 4) is 11.3 Å². The van der Waals surface area contributed by atoms with Gasteiger partial charge in [0, 0.05) is 25.0 Å². The Bertz CT molecular complexity index is 759. The van der Waals surface area contributed by atoms with E-state index in [2.05, 4.69) is 24.9 Å². The number of nitrogens with zero attached hydrogens (tertiary/aromatic N) is 6. The lowest BCUT2D eigenvalue weighted by Gasteiger charge is -1.98. The summed E-state index contributed by atoms with van der Waals surface area (Å²) in [5.41, 5.74) is 1.61. The normalized spacial score (nSPS) is 10.8. The molecule has 0 aliphatic carbocycles. The maximum absolute atomic E-state index is 11.4. The first-order valence-corrected chi connectivity index (χ1v) is 5.48. The number of ether oxygens (including phenoxy) is 1. The van der Waals surface area contributed by atoms with E-state index in [-0.39, 0.29) is 5.82 Å². The summed E-state index contributed by atoms with van der Waals surface area (Å²) >= 11 is 0. The third-order valence-electron chi connectivity index (χ3n) is 2.61. The molecule has 0 radical (unpaired) electrons. The Morgan fingerprint density at radius 3 is 2.95 bits per heavy atom. The van der Waals surface area contributed by atoms with Gasteiger partial charge in [0.1, 0.15) is 0 Å². The van der Waals surface area contributed by atoms with Crippen LogP contribution in [0.25, 0.3) is 17.0 Å². The molecule has 0 unspecified atom stereocenters. The van der Waals surface area contributed by atoms with Crippen LogP contribution in [0.5, 0.6) is 0 Å². The fourth-order valence-electron chi connectivity index (χ4n) is 1.74. The van der Waals surface area contributed by atoms with Crippen LogP contribution in [0.15, 0.2) is 24.7 Å². The van der Waals surface area contributed by atoms with Crippen molar-refractivity contribution in [2.75, 3.05) is 7.11 Å². The molecule has 0 aromatic carbocycles. The number of fused-ring (bicyclic) bond motifs is 1. The van der Waals surface area contributed by atoms with Gasteiger partial charge in [0.25, 0.3) is 11.6 Å². The molecule has 0 spiro atoms. The molecule has 8 heteroatoms. The molecule has 0 saturated heterocycles. The summed E-state index contributed by atoms with van der Waals surface area (Å²) in [5.74, 6) is -0.282. The van der Waals surface area contributed by atoms with Gasteiger partial charge < -0.3 is 4.74 Å². The largest absolute Gasteiger partial charge is 0.463 e. The zero-order chi connectivity index (χ0) is 13.4. The Morgan fingerprint density at radius 1 is 1.42 bits per heavy atom. The van der Waals surface area contributed by atoms with Crippen molar-refractivity contribution in [3.05, 3.63) is 30.5 Å². The van der Waals surface area contributed by atoms with E-state index in [1.807, 2.05) is 13.2 Å². The summed E-state index contributed by atoms with van der Waals surface area (Å²) in [5, 5.41) is 8.20. The molecule has 96 valence electrons. The van der Waals surface area contributed by atoms with Crippen LogP contribution < -0.4 is 0 Å². The Labute approximate surface area is 107 Å². The number of rotatable bonds is 2.